The van der Waals surface area contributed by atoms with Gasteiger partial charge >= 0.3 is 0 Å². The molecule has 0 radical (unpaired) electrons. The molecule has 0 saturated carbocycles. The van der Waals surface area contributed by atoms with Crippen molar-refractivity contribution in [2.75, 3.05) is 0 Å². The van der Waals surface area contributed by atoms with Gasteiger partial charge in [0, 0.05) is 4.88 Å². The lowest BCUT2D eigenvalue weighted by atomic mass is 10.3. The van der Waals surface area contributed by atoms with Gasteiger partial charge in [-0.2, -0.15) is 0 Å². The lowest BCUT2D eigenvalue weighted by Gasteiger charge is -1.83. The zero-order valence-electron chi connectivity index (χ0n) is 5.76. The minimum atomic E-state index is 0.0121. The number of ketones is 1. The van der Waals surface area contributed by atoms with Crippen LogP contribution in [-0.4, -0.2) is 5.78 Å². The topological polar surface area (TPSA) is 17.1 Å². The van der Waals surface area contributed by atoms with E-state index >= 15 is 0 Å². The van der Waals surface area contributed by atoms with Crippen molar-refractivity contribution in [1.82, 2.24) is 0 Å². The summed E-state index contributed by atoms with van der Waals surface area (Å²) in [6.07, 6.45) is 1.34. The van der Waals surface area contributed by atoms with E-state index in [1.165, 1.54) is 17.4 Å². The Morgan fingerprint density at radius 3 is 2.80 bits per heavy atom. The van der Waals surface area contributed by atoms with E-state index in [4.69, 9.17) is 0 Å². The van der Waals surface area contributed by atoms with Crippen molar-refractivity contribution in [1.29, 1.82) is 0 Å². The van der Waals surface area contributed by atoms with Crippen molar-refractivity contribution in [3.05, 3.63) is 34.5 Å². The highest BCUT2D eigenvalue weighted by Gasteiger charge is 2.01. The summed E-state index contributed by atoms with van der Waals surface area (Å²) in [7, 11) is 0. The Morgan fingerprint density at radius 2 is 2.40 bits per heavy atom. The minimum Gasteiger partial charge on any atom is -0.288 e. The Kier molecular flexibility index (Phi) is 2.02. The average molecular weight is 152 g/mol. The van der Waals surface area contributed by atoms with Gasteiger partial charge in [0.05, 0.1) is 4.88 Å². The van der Waals surface area contributed by atoms with Gasteiger partial charge in [-0.1, -0.05) is 6.58 Å². The first kappa shape index (κ1) is 7.22. The van der Waals surface area contributed by atoms with E-state index < -0.39 is 0 Å². The maximum atomic E-state index is 10.9. The maximum Gasteiger partial charge on any atom is 0.195 e. The van der Waals surface area contributed by atoms with Crippen LogP contribution in [-0.2, 0) is 0 Å². The molecule has 0 aliphatic carbocycles. The zero-order chi connectivity index (χ0) is 7.56. The molecule has 1 aromatic heterocycles. The van der Waals surface area contributed by atoms with Crippen LogP contribution in [0.1, 0.15) is 14.5 Å². The second-order valence-electron chi connectivity index (χ2n) is 1.98. The molecule has 52 valence electrons. The Hall–Kier alpha value is -0.890. The van der Waals surface area contributed by atoms with Crippen LogP contribution in [0.4, 0.5) is 0 Å². The van der Waals surface area contributed by atoms with E-state index in [-0.39, 0.29) is 5.78 Å². The number of allylic oxidation sites excluding steroid dienone is 1. The maximum absolute atomic E-state index is 10.9. The average Bonchev–Trinajstić information content (AvgIpc) is 2.34. The van der Waals surface area contributed by atoms with Crippen molar-refractivity contribution >= 4 is 17.1 Å². The first-order chi connectivity index (χ1) is 4.74. The molecule has 0 fully saturated rings. The number of aryl methyl sites for hydroxylation is 1. The summed E-state index contributed by atoms with van der Waals surface area (Å²) in [6, 6.07) is 3.76. The summed E-state index contributed by atoms with van der Waals surface area (Å²) >= 11 is 1.50. The highest BCUT2D eigenvalue weighted by Crippen LogP contribution is 2.15. The van der Waals surface area contributed by atoms with Crippen molar-refractivity contribution in [3.8, 4) is 0 Å². The second-order valence-corrected chi connectivity index (χ2v) is 3.27. The Balaban J connectivity index is 2.95. The van der Waals surface area contributed by atoms with Gasteiger partial charge in [-0.15, -0.1) is 11.3 Å². The van der Waals surface area contributed by atoms with Gasteiger partial charge in [0.1, 0.15) is 0 Å². The fourth-order valence-electron chi connectivity index (χ4n) is 0.668. The van der Waals surface area contributed by atoms with Crippen molar-refractivity contribution < 1.29 is 4.79 Å². The van der Waals surface area contributed by atoms with Gasteiger partial charge in [-0.25, -0.2) is 0 Å². The van der Waals surface area contributed by atoms with Crippen LogP contribution in [0.25, 0.3) is 0 Å². The molecule has 0 atom stereocenters. The van der Waals surface area contributed by atoms with Crippen LogP contribution in [0.15, 0.2) is 24.8 Å². The summed E-state index contributed by atoms with van der Waals surface area (Å²) < 4.78 is 0. The summed E-state index contributed by atoms with van der Waals surface area (Å²) in [5.74, 6) is 0.0121. The quantitative estimate of drug-likeness (QED) is 0.470. The van der Waals surface area contributed by atoms with E-state index in [0.29, 0.717) is 0 Å². The van der Waals surface area contributed by atoms with E-state index in [1.807, 2.05) is 19.1 Å². The van der Waals surface area contributed by atoms with Crippen LogP contribution in [0.3, 0.4) is 0 Å². The van der Waals surface area contributed by atoms with E-state index in [2.05, 4.69) is 6.58 Å². The monoisotopic (exact) mass is 152 g/mol. The Morgan fingerprint density at radius 1 is 1.70 bits per heavy atom. The molecule has 1 nitrogen and oxygen atoms in total. The molecule has 0 saturated heterocycles. The minimum absolute atomic E-state index is 0.0121. The number of hydrogen-bond acceptors (Lipinski definition) is 2. The molecule has 0 aliphatic rings. The molecule has 2 heteroatoms. The predicted octanol–water partition coefficient (Wildman–Crippen LogP) is 2.43. The molecular weight excluding hydrogens is 144 g/mol. The van der Waals surface area contributed by atoms with Crippen molar-refractivity contribution in [2.45, 2.75) is 6.92 Å². The van der Waals surface area contributed by atoms with Gasteiger partial charge in [0.15, 0.2) is 5.78 Å². The fraction of sp³-hybridized carbons (Fsp3) is 0.125. The van der Waals surface area contributed by atoms with Gasteiger partial charge in [0.2, 0.25) is 0 Å². The van der Waals surface area contributed by atoms with Crippen LogP contribution in [0.2, 0.25) is 0 Å². The lowest BCUT2D eigenvalue weighted by Crippen LogP contribution is -1.86. The Labute approximate surface area is 64.0 Å². The number of carbonyl (C=O) groups excluding carboxylic acids is 1. The highest BCUT2D eigenvalue weighted by atomic mass is 32.1. The molecule has 0 N–H and O–H groups in total. The molecular formula is C8H8OS. The molecule has 10 heavy (non-hydrogen) atoms. The van der Waals surface area contributed by atoms with E-state index in [0.717, 1.165) is 9.75 Å². The lowest BCUT2D eigenvalue weighted by molar-refractivity contribution is 0.105. The number of thiophene rings is 1. The van der Waals surface area contributed by atoms with Gasteiger partial charge < -0.3 is 0 Å². The predicted molar refractivity (Wildman–Crippen MR) is 43.6 cm³/mol. The summed E-state index contributed by atoms with van der Waals surface area (Å²) in [4.78, 5) is 12.8. The third kappa shape index (κ3) is 1.33. The first-order valence-electron chi connectivity index (χ1n) is 2.97. The number of rotatable bonds is 2. The fourth-order valence-corrected chi connectivity index (χ4v) is 1.47. The smallest absolute Gasteiger partial charge is 0.195 e. The van der Waals surface area contributed by atoms with Crippen LogP contribution < -0.4 is 0 Å². The molecule has 1 rings (SSSR count). The molecule has 1 aromatic rings. The zero-order valence-corrected chi connectivity index (χ0v) is 6.57. The second kappa shape index (κ2) is 2.80. The molecule has 0 aromatic carbocycles. The van der Waals surface area contributed by atoms with Crippen LogP contribution in [0.5, 0.6) is 0 Å². The van der Waals surface area contributed by atoms with Crippen molar-refractivity contribution in [3.63, 3.8) is 0 Å². The Bertz CT molecular complexity index is 260. The number of carbonyl (C=O) groups is 1. The molecule has 0 aliphatic heterocycles. The summed E-state index contributed by atoms with van der Waals surface area (Å²) in [5, 5.41) is 0. The summed E-state index contributed by atoms with van der Waals surface area (Å²) in [5.41, 5.74) is 0. The molecule has 0 unspecified atom stereocenters. The molecule has 0 amide bonds. The normalized spacial score (nSPS) is 9.30. The number of hydrogen-bond donors (Lipinski definition) is 0. The van der Waals surface area contributed by atoms with Gasteiger partial charge in [-0.05, 0) is 25.1 Å². The molecule has 0 spiro atoms. The summed E-state index contributed by atoms with van der Waals surface area (Å²) in [6.45, 7) is 5.38. The third-order valence-corrected chi connectivity index (χ3v) is 2.18. The highest BCUT2D eigenvalue weighted by molar-refractivity contribution is 7.14. The first-order valence-corrected chi connectivity index (χ1v) is 3.79. The third-order valence-electron chi connectivity index (χ3n) is 1.17. The van der Waals surface area contributed by atoms with Crippen LogP contribution >= 0.6 is 11.3 Å². The SMILES string of the molecule is C=CC(=O)c1ccc(C)s1. The standard InChI is InChI=1S/C8H8OS/c1-3-7(9)8-5-4-6(2)10-8/h3-5H,1H2,2H3. The molecule has 0 bridgehead atoms. The molecule has 1 heterocycles. The van der Waals surface area contributed by atoms with E-state index in [1.54, 1.807) is 0 Å². The van der Waals surface area contributed by atoms with Crippen LogP contribution in [0, 0.1) is 6.92 Å². The van der Waals surface area contributed by atoms with E-state index in [9.17, 15) is 4.79 Å². The van der Waals surface area contributed by atoms with Gasteiger partial charge in [0.25, 0.3) is 0 Å². The largest absolute Gasteiger partial charge is 0.288 e. The van der Waals surface area contributed by atoms with Crippen molar-refractivity contribution in [2.24, 2.45) is 0 Å². The van der Waals surface area contributed by atoms with Gasteiger partial charge in [-0.3, -0.25) is 4.79 Å².